The van der Waals surface area contributed by atoms with Gasteiger partial charge >= 0.3 is 12.0 Å². The minimum Gasteiger partial charge on any atom is -0.481 e. The normalized spacial score (nSPS) is 14.6. The molecule has 1 aliphatic rings. The van der Waals surface area contributed by atoms with Gasteiger partial charge < -0.3 is 15.3 Å². The number of carbonyl (C=O) groups excluding carboxylic acids is 1. The second-order valence-electron chi connectivity index (χ2n) is 6.51. The zero-order valence-corrected chi connectivity index (χ0v) is 12.8. The van der Waals surface area contributed by atoms with Crippen LogP contribution in [0.15, 0.2) is 18.2 Å². The summed E-state index contributed by atoms with van der Waals surface area (Å²) in [7, 11) is 1.76. The molecule has 0 aromatic heterocycles. The summed E-state index contributed by atoms with van der Waals surface area (Å²) in [5.74, 6) is -0.755. The Labute approximate surface area is 125 Å². The van der Waals surface area contributed by atoms with Crippen LogP contribution < -0.4 is 5.32 Å². The Balaban J connectivity index is 2.04. The Morgan fingerprint density at radius 3 is 2.81 bits per heavy atom. The molecule has 0 saturated heterocycles. The third-order valence-electron chi connectivity index (χ3n) is 3.89. The van der Waals surface area contributed by atoms with Crippen LogP contribution >= 0.6 is 0 Å². The van der Waals surface area contributed by atoms with Crippen LogP contribution in [0.4, 0.5) is 10.5 Å². The van der Waals surface area contributed by atoms with Crippen molar-refractivity contribution >= 4 is 17.7 Å². The van der Waals surface area contributed by atoms with Gasteiger partial charge in [-0.1, -0.05) is 26.0 Å². The third-order valence-corrected chi connectivity index (χ3v) is 3.89. The van der Waals surface area contributed by atoms with Crippen LogP contribution in [0.3, 0.4) is 0 Å². The van der Waals surface area contributed by atoms with Gasteiger partial charge in [0.15, 0.2) is 0 Å². The number of urea groups is 1. The van der Waals surface area contributed by atoms with Gasteiger partial charge in [0.2, 0.25) is 0 Å². The lowest BCUT2D eigenvalue weighted by Gasteiger charge is -2.27. The van der Waals surface area contributed by atoms with Gasteiger partial charge in [0.25, 0.3) is 0 Å². The van der Waals surface area contributed by atoms with Gasteiger partial charge in [-0.2, -0.15) is 0 Å². The number of amides is 2. The maximum absolute atomic E-state index is 11.6. The maximum atomic E-state index is 11.6. The topological polar surface area (TPSA) is 69.6 Å². The van der Waals surface area contributed by atoms with Crippen LogP contribution in [0, 0.1) is 5.41 Å². The molecule has 0 bridgehead atoms. The number of carboxylic acid groups (broad SMARTS) is 1. The monoisotopic (exact) mass is 290 g/mol. The van der Waals surface area contributed by atoms with E-state index in [-0.39, 0.29) is 17.9 Å². The summed E-state index contributed by atoms with van der Waals surface area (Å²) >= 11 is 0. The fourth-order valence-electron chi connectivity index (χ4n) is 2.57. The van der Waals surface area contributed by atoms with Crippen LogP contribution in [-0.4, -0.2) is 29.1 Å². The van der Waals surface area contributed by atoms with Gasteiger partial charge in [0, 0.05) is 19.3 Å². The number of nitrogens with one attached hydrogen (secondary N) is 1. The number of benzene rings is 1. The number of hydrogen-bond acceptors (Lipinski definition) is 2. The molecule has 21 heavy (non-hydrogen) atoms. The van der Waals surface area contributed by atoms with Crippen molar-refractivity contribution in [2.24, 2.45) is 5.41 Å². The standard InChI is InChI=1S/C16H22N2O3/c1-16(2,9-14(19)20)7-6-11-4-5-13-12(8-11)10-18(3)15(21)17-13/h4-5,8H,6-7,9-10H2,1-3H3,(H,17,21)(H,19,20). The Bertz CT molecular complexity index is 567. The number of fused-ring (bicyclic) bond motifs is 1. The molecule has 0 atom stereocenters. The average molecular weight is 290 g/mol. The van der Waals surface area contributed by atoms with Crippen molar-refractivity contribution in [3.05, 3.63) is 29.3 Å². The number of carboxylic acids is 1. The number of hydrogen-bond donors (Lipinski definition) is 2. The summed E-state index contributed by atoms with van der Waals surface area (Å²) in [6, 6.07) is 5.95. The molecule has 1 aliphatic heterocycles. The van der Waals surface area contributed by atoms with Crippen molar-refractivity contribution in [2.45, 2.75) is 39.7 Å². The van der Waals surface area contributed by atoms with Gasteiger partial charge in [-0.3, -0.25) is 4.79 Å². The SMILES string of the molecule is CN1Cc2cc(CCC(C)(C)CC(=O)O)ccc2NC1=O. The number of carbonyl (C=O) groups is 2. The number of nitrogens with zero attached hydrogens (tertiary/aromatic N) is 1. The zero-order chi connectivity index (χ0) is 15.6. The fraction of sp³-hybridized carbons (Fsp3) is 0.500. The largest absolute Gasteiger partial charge is 0.481 e. The Morgan fingerprint density at radius 2 is 2.14 bits per heavy atom. The van der Waals surface area contributed by atoms with Crippen molar-refractivity contribution in [1.82, 2.24) is 4.90 Å². The summed E-state index contributed by atoms with van der Waals surface area (Å²) < 4.78 is 0. The Kier molecular flexibility index (Phi) is 4.21. The van der Waals surface area contributed by atoms with E-state index in [0.717, 1.165) is 24.1 Å². The van der Waals surface area contributed by atoms with E-state index < -0.39 is 5.97 Å². The predicted molar refractivity (Wildman–Crippen MR) is 81.3 cm³/mol. The lowest BCUT2D eigenvalue weighted by atomic mass is 9.83. The highest BCUT2D eigenvalue weighted by molar-refractivity contribution is 5.92. The van der Waals surface area contributed by atoms with Crippen LogP contribution in [0.2, 0.25) is 0 Å². The molecule has 0 spiro atoms. The highest BCUT2D eigenvalue weighted by Gasteiger charge is 2.22. The number of aliphatic carboxylic acids is 1. The van der Waals surface area contributed by atoms with E-state index in [4.69, 9.17) is 5.11 Å². The molecule has 0 radical (unpaired) electrons. The first-order valence-corrected chi connectivity index (χ1v) is 7.12. The molecule has 2 N–H and O–H groups in total. The minimum atomic E-state index is -0.755. The molecule has 5 heteroatoms. The molecule has 5 nitrogen and oxygen atoms in total. The van der Waals surface area contributed by atoms with Crippen LogP contribution in [0.25, 0.3) is 0 Å². The highest BCUT2D eigenvalue weighted by atomic mass is 16.4. The molecule has 114 valence electrons. The molecule has 1 aromatic carbocycles. The number of aryl methyl sites for hydroxylation is 1. The van der Waals surface area contributed by atoms with Crippen molar-refractivity contribution in [3.8, 4) is 0 Å². The fourth-order valence-corrected chi connectivity index (χ4v) is 2.57. The first kappa shape index (κ1) is 15.4. The molecule has 2 amide bonds. The minimum absolute atomic E-state index is 0.0853. The van der Waals surface area contributed by atoms with Gasteiger partial charge in [-0.15, -0.1) is 0 Å². The summed E-state index contributed by atoms with van der Waals surface area (Å²) in [5, 5.41) is 11.8. The summed E-state index contributed by atoms with van der Waals surface area (Å²) in [5.41, 5.74) is 2.93. The van der Waals surface area contributed by atoms with Crippen molar-refractivity contribution in [3.63, 3.8) is 0 Å². The first-order chi connectivity index (χ1) is 9.77. The van der Waals surface area contributed by atoms with Crippen molar-refractivity contribution in [1.29, 1.82) is 0 Å². The third kappa shape index (κ3) is 3.97. The summed E-state index contributed by atoms with van der Waals surface area (Å²) in [6.07, 6.45) is 1.84. The smallest absolute Gasteiger partial charge is 0.321 e. The van der Waals surface area contributed by atoms with Gasteiger partial charge in [-0.05, 0) is 35.4 Å². The number of anilines is 1. The lowest BCUT2D eigenvalue weighted by molar-refractivity contribution is -0.139. The van der Waals surface area contributed by atoms with Crippen molar-refractivity contribution in [2.75, 3.05) is 12.4 Å². The summed E-state index contributed by atoms with van der Waals surface area (Å²) in [4.78, 5) is 24.0. The second-order valence-corrected chi connectivity index (χ2v) is 6.51. The molecule has 1 aromatic rings. The van der Waals surface area contributed by atoms with Gasteiger partial charge in [0.05, 0.1) is 6.42 Å². The van der Waals surface area contributed by atoms with Crippen LogP contribution in [0.1, 0.15) is 37.8 Å². The molecular formula is C16H22N2O3. The Hall–Kier alpha value is -2.04. The van der Waals surface area contributed by atoms with Crippen molar-refractivity contribution < 1.29 is 14.7 Å². The molecule has 0 unspecified atom stereocenters. The molecule has 0 fully saturated rings. The molecule has 2 rings (SSSR count). The van der Waals surface area contributed by atoms with E-state index in [1.807, 2.05) is 26.0 Å². The molecular weight excluding hydrogens is 268 g/mol. The van der Waals surface area contributed by atoms with Gasteiger partial charge in [-0.25, -0.2) is 4.79 Å². The quantitative estimate of drug-likeness (QED) is 0.875. The van der Waals surface area contributed by atoms with E-state index in [9.17, 15) is 9.59 Å². The summed E-state index contributed by atoms with van der Waals surface area (Å²) in [6.45, 7) is 4.56. The van der Waals surface area contributed by atoms with E-state index in [0.29, 0.717) is 6.54 Å². The van der Waals surface area contributed by atoms with E-state index in [2.05, 4.69) is 11.4 Å². The van der Waals surface area contributed by atoms with E-state index >= 15 is 0 Å². The lowest BCUT2D eigenvalue weighted by Crippen LogP contribution is -2.35. The molecule has 0 saturated carbocycles. The van der Waals surface area contributed by atoms with Crippen LogP contribution in [-0.2, 0) is 17.8 Å². The highest BCUT2D eigenvalue weighted by Crippen LogP contribution is 2.29. The number of rotatable bonds is 5. The average Bonchev–Trinajstić information content (AvgIpc) is 2.36. The zero-order valence-electron chi connectivity index (χ0n) is 12.8. The van der Waals surface area contributed by atoms with Gasteiger partial charge in [0.1, 0.15) is 0 Å². The van der Waals surface area contributed by atoms with E-state index in [1.165, 1.54) is 5.56 Å². The molecule has 0 aliphatic carbocycles. The second kappa shape index (κ2) is 5.76. The predicted octanol–water partition coefficient (Wildman–Crippen LogP) is 3.10. The first-order valence-electron chi connectivity index (χ1n) is 7.12. The molecule has 1 heterocycles. The van der Waals surface area contributed by atoms with Crippen LogP contribution in [0.5, 0.6) is 0 Å². The van der Waals surface area contributed by atoms with E-state index in [1.54, 1.807) is 11.9 Å². The maximum Gasteiger partial charge on any atom is 0.321 e. The Morgan fingerprint density at radius 1 is 1.43 bits per heavy atom.